The lowest BCUT2D eigenvalue weighted by molar-refractivity contribution is 0.670. The minimum absolute atomic E-state index is 0.677. The number of fused-ring (bicyclic) bond motifs is 6. The number of para-hydroxylation sites is 1. The quantitative estimate of drug-likeness (QED) is 0.171. The van der Waals surface area contributed by atoms with Gasteiger partial charge in [-0.2, -0.15) is 0 Å². The molecule has 3 aromatic heterocycles. The highest BCUT2D eigenvalue weighted by atomic mass is 32.1. The van der Waals surface area contributed by atoms with Crippen LogP contribution in [0.5, 0.6) is 0 Å². The van der Waals surface area contributed by atoms with Crippen molar-refractivity contribution in [2.75, 3.05) is 0 Å². The van der Waals surface area contributed by atoms with E-state index in [1.807, 2.05) is 29.5 Å². The van der Waals surface area contributed by atoms with E-state index in [0.29, 0.717) is 5.82 Å². The minimum Gasteiger partial charge on any atom is -0.455 e. The molecule has 3 heterocycles. The molecule has 0 spiro atoms. The van der Waals surface area contributed by atoms with Crippen LogP contribution in [0.3, 0.4) is 0 Å². The molecule has 0 atom stereocenters. The Labute approximate surface area is 327 Å². The number of nitrogens with zero attached hydrogens (tertiary/aromatic N) is 2. The maximum absolute atomic E-state index is 6.74. The standard InChI is InChI=1S/C52H32N2OS/c1-3-14-33(15-4-1)37-18-7-8-19-39(37)46-32-45(35-16-5-2-6-17-35)53-52(54-46)36-28-26-34(27-29-36)38-30-31-41(49-44-21-9-11-24-47(44)55-50(38)49)43-23-13-22-42-40-20-10-12-25-48(40)56-51(42)43/h1-32H. The monoisotopic (exact) mass is 732 g/mol. The fourth-order valence-corrected chi connectivity index (χ4v) is 9.32. The van der Waals surface area contributed by atoms with Gasteiger partial charge in [0.1, 0.15) is 11.2 Å². The van der Waals surface area contributed by atoms with Gasteiger partial charge in [0, 0.05) is 58.8 Å². The summed E-state index contributed by atoms with van der Waals surface area (Å²) in [6.45, 7) is 0. The Morgan fingerprint density at radius 2 is 0.964 bits per heavy atom. The molecule has 56 heavy (non-hydrogen) atoms. The lowest BCUT2D eigenvalue weighted by Gasteiger charge is -2.13. The summed E-state index contributed by atoms with van der Waals surface area (Å²) >= 11 is 1.86. The van der Waals surface area contributed by atoms with Crippen molar-refractivity contribution < 1.29 is 4.42 Å². The summed E-state index contributed by atoms with van der Waals surface area (Å²) in [5.74, 6) is 0.677. The molecule has 8 aromatic carbocycles. The molecular weight excluding hydrogens is 701 g/mol. The molecule has 0 amide bonds. The number of benzene rings is 8. The van der Waals surface area contributed by atoms with Crippen LogP contribution >= 0.6 is 11.3 Å². The van der Waals surface area contributed by atoms with Crippen LogP contribution in [0.15, 0.2) is 199 Å². The van der Waals surface area contributed by atoms with Crippen LogP contribution < -0.4 is 0 Å². The van der Waals surface area contributed by atoms with Crippen LogP contribution in [0.2, 0.25) is 0 Å². The molecule has 0 fully saturated rings. The van der Waals surface area contributed by atoms with Gasteiger partial charge in [-0.25, -0.2) is 9.97 Å². The van der Waals surface area contributed by atoms with E-state index in [1.54, 1.807) is 0 Å². The second-order valence-corrected chi connectivity index (χ2v) is 15.1. The average Bonchev–Trinajstić information content (AvgIpc) is 3.86. The van der Waals surface area contributed by atoms with Crippen LogP contribution in [0.1, 0.15) is 0 Å². The largest absolute Gasteiger partial charge is 0.455 e. The van der Waals surface area contributed by atoms with Crippen molar-refractivity contribution in [3.63, 3.8) is 0 Å². The molecule has 0 saturated carbocycles. The van der Waals surface area contributed by atoms with E-state index in [-0.39, 0.29) is 0 Å². The van der Waals surface area contributed by atoms with E-state index in [0.717, 1.165) is 72.3 Å². The normalized spacial score (nSPS) is 11.6. The SMILES string of the molecule is c1ccc(-c2cc(-c3ccccc3-c3ccccc3)nc(-c3ccc(-c4ccc(-c5cccc6c5sc5ccccc56)c5c4oc4ccccc45)cc3)n2)cc1. The Kier molecular flexibility index (Phi) is 7.68. The lowest BCUT2D eigenvalue weighted by atomic mass is 9.93. The zero-order valence-electron chi connectivity index (χ0n) is 30.2. The molecule has 0 aliphatic heterocycles. The van der Waals surface area contributed by atoms with Crippen molar-refractivity contribution in [2.24, 2.45) is 0 Å². The van der Waals surface area contributed by atoms with Gasteiger partial charge < -0.3 is 4.42 Å². The van der Waals surface area contributed by atoms with Gasteiger partial charge >= 0.3 is 0 Å². The molecule has 4 heteroatoms. The van der Waals surface area contributed by atoms with Gasteiger partial charge in [0.05, 0.1) is 11.4 Å². The van der Waals surface area contributed by atoms with E-state index in [9.17, 15) is 0 Å². The molecular formula is C52H32N2OS. The summed E-state index contributed by atoms with van der Waals surface area (Å²) in [4.78, 5) is 10.4. The summed E-state index contributed by atoms with van der Waals surface area (Å²) < 4.78 is 9.33. The predicted octanol–water partition coefficient (Wildman–Crippen LogP) is 14.7. The highest BCUT2D eigenvalue weighted by Crippen LogP contribution is 2.46. The van der Waals surface area contributed by atoms with Gasteiger partial charge in [0.25, 0.3) is 0 Å². The Morgan fingerprint density at radius 3 is 1.79 bits per heavy atom. The van der Waals surface area contributed by atoms with Crippen molar-refractivity contribution >= 4 is 53.4 Å². The summed E-state index contributed by atoms with van der Waals surface area (Å²) in [5.41, 5.74) is 13.4. The van der Waals surface area contributed by atoms with Crippen LogP contribution in [0.4, 0.5) is 0 Å². The summed E-state index contributed by atoms with van der Waals surface area (Å²) in [7, 11) is 0. The van der Waals surface area contributed by atoms with Crippen molar-refractivity contribution in [3.8, 4) is 67.3 Å². The first-order valence-corrected chi connectivity index (χ1v) is 19.6. The van der Waals surface area contributed by atoms with Gasteiger partial charge in [-0.1, -0.05) is 170 Å². The number of aromatic nitrogens is 2. The van der Waals surface area contributed by atoms with Crippen molar-refractivity contribution in [1.82, 2.24) is 9.97 Å². The highest BCUT2D eigenvalue weighted by Gasteiger charge is 2.20. The van der Waals surface area contributed by atoms with Gasteiger partial charge in [-0.05, 0) is 46.5 Å². The third-order valence-corrected chi connectivity index (χ3v) is 12.0. The average molecular weight is 733 g/mol. The van der Waals surface area contributed by atoms with Gasteiger partial charge in [-0.3, -0.25) is 0 Å². The van der Waals surface area contributed by atoms with Crippen LogP contribution in [0.25, 0.3) is 109 Å². The molecule has 0 radical (unpaired) electrons. The van der Waals surface area contributed by atoms with Crippen LogP contribution in [-0.2, 0) is 0 Å². The topological polar surface area (TPSA) is 38.9 Å². The van der Waals surface area contributed by atoms with E-state index < -0.39 is 0 Å². The maximum Gasteiger partial charge on any atom is 0.160 e. The Hall–Kier alpha value is -7.14. The second kappa shape index (κ2) is 13.3. The zero-order chi connectivity index (χ0) is 37.0. The molecule has 0 aliphatic carbocycles. The molecule has 0 unspecified atom stereocenters. The van der Waals surface area contributed by atoms with Crippen LogP contribution in [-0.4, -0.2) is 9.97 Å². The van der Waals surface area contributed by atoms with E-state index in [1.165, 1.54) is 31.3 Å². The summed E-state index contributed by atoms with van der Waals surface area (Å²) in [6.07, 6.45) is 0. The van der Waals surface area contributed by atoms with E-state index in [2.05, 4.69) is 176 Å². The Morgan fingerprint density at radius 1 is 0.375 bits per heavy atom. The smallest absolute Gasteiger partial charge is 0.160 e. The zero-order valence-corrected chi connectivity index (χ0v) is 31.0. The number of thiophene rings is 1. The molecule has 11 aromatic rings. The van der Waals surface area contributed by atoms with E-state index in [4.69, 9.17) is 14.4 Å². The fourth-order valence-electron chi connectivity index (χ4n) is 8.09. The number of hydrogen-bond acceptors (Lipinski definition) is 4. The highest BCUT2D eigenvalue weighted by molar-refractivity contribution is 7.26. The fraction of sp³-hybridized carbons (Fsp3) is 0. The first-order chi connectivity index (χ1) is 27.8. The first kappa shape index (κ1) is 32.3. The lowest BCUT2D eigenvalue weighted by Crippen LogP contribution is -1.97. The Bertz CT molecular complexity index is 3240. The van der Waals surface area contributed by atoms with Gasteiger partial charge in [-0.15, -0.1) is 11.3 Å². The van der Waals surface area contributed by atoms with Gasteiger partial charge in [0.15, 0.2) is 5.82 Å². The Balaban J connectivity index is 1.05. The third-order valence-electron chi connectivity index (χ3n) is 10.8. The first-order valence-electron chi connectivity index (χ1n) is 18.8. The number of furan rings is 1. The van der Waals surface area contributed by atoms with Crippen molar-refractivity contribution in [1.29, 1.82) is 0 Å². The molecule has 11 rings (SSSR count). The molecule has 0 saturated heterocycles. The number of hydrogen-bond donors (Lipinski definition) is 0. The maximum atomic E-state index is 6.74. The number of rotatable bonds is 6. The molecule has 0 bridgehead atoms. The van der Waals surface area contributed by atoms with Crippen LogP contribution in [0, 0.1) is 0 Å². The van der Waals surface area contributed by atoms with E-state index >= 15 is 0 Å². The second-order valence-electron chi connectivity index (χ2n) is 14.1. The molecule has 0 aliphatic rings. The predicted molar refractivity (Wildman–Crippen MR) is 235 cm³/mol. The van der Waals surface area contributed by atoms with Crippen molar-refractivity contribution in [3.05, 3.63) is 194 Å². The third kappa shape index (κ3) is 5.42. The molecule has 3 nitrogen and oxygen atoms in total. The molecule has 0 N–H and O–H groups in total. The van der Waals surface area contributed by atoms with Gasteiger partial charge in [0.2, 0.25) is 0 Å². The summed E-state index contributed by atoms with van der Waals surface area (Å²) in [5, 5.41) is 4.83. The van der Waals surface area contributed by atoms with Crippen molar-refractivity contribution in [2.45, 2.75) is 0 Å². The molecule has 262 valence electrons. The minimum atomic E-state index is 0.677. The summed E-state index contributed by atoms with van der Waals surface area (Å²) in [6, 6.07) is 68.2.